The lowest BCUT2D eigenvalue weighted by Gasteiger charge is -2.24. The molecule has 0 aliphatic heterocycles. The zero-order chi connectivity index (χ0) is 21.5. The van der Waals surface area contributed by atoms with Crippen LogP contribution in [0.15, 0.2) is 53.3 Å². The zero-order valence-electron chi connectivity index (χ0n) is 17.5. The average Bonchev–Trinajstić information content (AvgIpc) is 2.77. The molecule has 5 rings (SSSR count). The Morgan fingerprint density at radius 2 is 1.74 bits per heavy atom. The van der Waals surface area contributed by atoms with Crippen molar-refractivity contribution in [3.05, 3.63) is 81.5 Å². The third-order valence-corrected chi connectivity index (χ3v) is 6.01. The largest absolute Gasteiger partial charge is 0.451 e. The number of para-hydroxylation sites is 2. The molecule has 4 aromatic rings. The van der Waals surface area contributed by atoms with Gasteiger partial charge in [-0.15, -0.1) is 0 Å². The van der Waals surface area contributed by atoms with Crippen molar-refractivity contribution in [3.63, 3.8) is 0 Å². The lowest BCUT2D eigenvalue weighted by molar-refractivity contribution is 0.0320. The Morgan fingerprint density at radius 1 is 1.06 bits per heavy atom. The van der Waals surface area contributed by atoms with Crippen molar-refractivity contribution in [1.29, 1.82) is 0 Å². The molecule has 6 heteroatoms. The average molecular weight is 413 g/mol. The molecule has 0 saturated heterocycles. The van der Waals surface area contributed by atoms with E-state index < -0.39 is 12.1 Å². The van der Waals surface area contributed by atoms with E-state index in [1.54, 1.807) is 25.1 Å². The second kappa shape index (κ2) is 7.61. The molecule has 2 aromatic heterocycles. The fraction of sp³-hybridized carbons (Fsp3) is 0.280. The molecule has 31 heavy (non-hydrogen) atoms. The van der Waals surface area contributed by atoms with E-state index >= 15 is 0 Å². The van der Waals surface area contributed by atoms with Gasteiger partial charge in [-0.1, -0.05) is 37.3 Å². The molecule has 2 aromatic carbocycles. The number of hydrogen-bond donors (Lipinski definition) is 1. The molecule has 6 nitrogen and oxygen atoms in total. The van der Waals surface area contributed by atoms with Gasteiger partial charge in [-0.05, 0) is 55.9 Å². The number of carbonyl (C=O) groups excluding carboxylic acids is 1. The van der Waals surface area contributed by atoms with Crippen molar-refractivity contribution >= 4 is 27.8 Å². The van der Waals surface area contributed by atoms with E-state index in [4.69, 9.17) is 9.72 Å². The monoisotopic (exact) mass is 413 g/mol. The fourth-order valence-corrected chi connectivity index (χ4v) is 4.37. The normalized spacial score (nSPS) is 16.8. The number of ether oxygens (including phenoxy) is 1. The van der Waals surface area contributed by atoms with E-state index in [2.05, 4.69) is 16.9 Å². The van der Waals surface area contributed by atoms with Gasteiger partial charge in [0.05, 0.1) is 22.0 Å². The van der Waals surface area contributed by atoms with Crippen molar-refractivity contribution in [2.24, 2.45) is 5.92 Å². The second-order valence-corrected chi connectivity index (χ2v) is 8.29. The Balaban J connectivity index is 1.55. The van der Waals surface area contributed by atoms with Crippen molar-refractivity contribution < 1.29 is 9.53 Å². The summed E-state index contributed by atoms with van der Waals surface area (Å²) >= 11 is 0. The molecule has 0 saturated carbocycles. The summed E-state index contributed by atoms with van der Waals surface area (Å²) in [5.41, 5.74) is 3.67. The van der Waals surface area contributed by atoms with Gasteiger partial charge in [0.15, 0.2) is 11.9 Å². The van der Waals surface area contributed by atoms with E-state index in [0.717, 1.165) is 41.4 Å². The zero-order valence-corrected chi connectivity index (χ0v) is 17.5. The smallest absolute Gasteiger partial charge is 0.339 e. The first-order valence-electron chi connectivity index (χ1n) is 10.6. The van der Waals surface area contributed by atoms with Crippen LogP contribution in [-0.4, -0.2) is 20.9 Å². The van der Waals surface area contributed by atoms with E-state index in [-0.39, 0.29) is 5.56 Å². The van der Waals surface area contributed by atoms with Crippen molar-refractivity contribution in [1.82, 2.24) is 15.0 Å². The number of H-pyrrole nitrogens is 1. The minimum absolute atomic E-state index is 0.246. The molecule has 0 bridgehead atoms. The molecule has 2 heterocycles. The number of hydrogen-bond acceptors (Lipinski definition) is 5. The Labute approximate surface area is 179 Å². The van der Waals surface area contributed by atoms with Gasteiger partial charge in [0.25, 0.3) is 5.56 Å². The molecule has 0 radical (unpaired) electrons. The summed E-state index contributed by atoms with van der Waals surface area (Å²) in [4.78, 5) is 37.9. The third-order valence-electron chi connectivity index (χ3n) is 6.01. The first kappa shape index (κ1) is 19.4. The van der Waals surface area contributed by atoms with Gasteiger partial charge in [0.2, 0.25) is 0 Å². The number of nitrogens with zero attached hydrogens (tertiary/aromatic N) is 2. The molecule has 0 spiro atoms. The van der Waals surface area contributed by atoms with Gasteiger partial charge in [-0.3, -0.25) is 9.78 Å². The van der Waals surface area contributed by atoms with Crippen LogP contribution >= 0.6 is 0 Å². The molecular formula is C25H23N3O3. The molecule has 156 valence electrons. The summed E-state index contributed by atoms with van der Waals surface area (Å²) in [7, 11) is 0. The number of aryl methyl sites for hydroxylation is 1. The maximum absolute atomic E-state index is 13.4. The standard InChI is InChI=1S/C25H23N3O3/c1-14-11-12-21-18(13-14)22(16-7-3-5-9-19(16)26-21)25(30)31-15(2)23-27-20-10-6-4-8-17(20)24(29)28-23/h3-10,14-15H,11-13H2,1-2H3,(H,27,28,29)/t14-,15-/m0/s1. The van der Waals surface area contributed by atoms with Crippen LogP contribution in [0, 0.1) is 5.92 Å². The van der Waals surface area contributed by atoms with Gasteiger partial charge in [-0.25, -0.2) is 9.78 Å². The lowest BCUT2D eigenvalue weighted by Crippen LogP contribution is -2.21. The number of fused-ring (bicyclic) bond motifs is 3. The van der Waals surface area contributed by atoms with Crippen LogP contribution in [0.4, 0.5) is 0 Å². The second-order valence-electron chi connectivity index (χ2n) is 8.29. The maximum atomic E-state index is 13.4. The molecule has 1 aliphatic rings. The van der Waals surface area contributed by atoms with Crippen molar-refractivity contribution in [3.8, 4) is 0 Å². The Bertz CT molecular complexity index is 1380. The molecule has 0 fully saturated rings. The van der Waals surface area contributed by atoms with Crippen LogP contribution in [0.1, 0.15) is 53.8 Å². The van der Waals surface area contributed by atoms with Gasteiger partial charge >= 0.3 is 5.97 Å². The first-order chi connectivity index (χ1) is 15.0. The van der Waals surface area contributed by atoms with Crippen molar-refractivity contribution in [2.45, 2.75) is 39.2 Å². The maximum Gasteiger partial charge on any atom is 0.339 e. The van der Waals surface area contributed by atoms with E-state index in [1.807, 2.05) is 30.3 Å². The van der Waals surface area contributed by atoms with Crippen molar-refractivity contribution in [2.75, 3.05) is 0 Å². The Hall–Kier alpha value is -3.54. The molecule has 0 amide bonds. The summed E-state index contributed by atoms with van der Waals surface area (Å²) in [6, 6.07) is 14.8. The summed E-state index contributed by atoms with van der Waals surface area (Å²) in [5, 5.41) is 1.31. The van der Waals surface area contributed by atoms with E-state index in [0.29, 0.717) is 28.2 Å². The highest BCUT2D eigenvalue weighted by molar-refractivity contribution is 6.05. The summed E-state index contributed by atoms with van der Waals surface area (Å²) in [6.07, 6.45) is 2.02. The number of benzene rings is 2. The molecule has 0 unspecified atom stereocenters. The highest BCUT2D eigenvalue weighted by atomic mass is 16.5. The highest BCUT2D eigenvalue weighted by Crippen LogP contribution is 2.32. The summed E-state index contributed by atoms with van der Waals surface area (Å²) in [5.74, 6) is 0.405. The predicted octanol–water partition coefficient (Wildman–Crippen LogP) is 4.51. The first-order valence-corrected chi connectivity index (χ1v) is 10.6. The number of pyridine rings is 1. The van der Waals surface area contributed by atoms with Gasteiger partial charge in [0.1, 0.15) is 0 Å². The lowest BCUT2D eigenvalue weighted by atomic mass is 9.84. The predicted molar refractivity (Wildman–Crippen MR) is 119 cm³/mol. The number of esters is 1. The minimum atomic E-state index is -0.701. The van der Waals surface area contributed by atoms with Crippen LogP contribution in [0.25, 0.3) is 21.8 Å². The number of rotatable bonds is 3. The highest BCUT2D eigenvalue weighted by Gasteiger charge is 2.27. The molecule has 1 N–H and O–H groups in total. The van der Waals surface area contributed by atoms with Crippen LogP contribution in [0.5, 0.6) is 0 Å². The SMILES string of the molecule is C[C@H]1CCc2nc3ccccc3c(C(=O)O[C@@H](C)c3nc4ccccc4c(=O)[nH]3)c2C1. The third kappa shape index (κ3) is 3.48. The summed E-state index contributed by atoms with van der Waals surface area (Å²) in [6.45, 7) is 3.92. The number of carbonyl (C=O) groups is 1. The molecular weight excluding hydrogens is 390 g/mol. The van der Waals surface area contributed by atoms with Gasteiger partial charge in [-0.2, -0.15) is 0 Å². The van der Waals surface area contributed by atoms with E-state index in [1.165, 1.54) is 0 Å². The number of nitrogens with one attached hydrogen (secondary N) is 1. The van der Waals surface area contributed by atoms with E-state index in [9.17, 15) is 9.59 Å². The quantitative estimate of drug-likeness (QED) is 0.500. The van der Waals surface area contributed by atoms with Crippen LogP contribution in [-0.2, 0) is 17.6 Å². The number of aromatic nitrogens is 3. The van der Waals surface area contributed by atoms with Crippen LogP contribution < -0.4 is 5.56 Å². The minimum Gasteiger partial charge on any atom is -0.451 e. The van der Waals surface area contributed by atoms with Crippen LogP contribution in [0.2, 0.25) is 0 Å². The van der Waals surface area contributed by atoms with Crippen LogP contribution in [0.3, 0.4) is 0 Å². The van der Waals surface area contributed by atoms with Gasteiger partial charge < -0.3 is 9.72 Å². The number of aromatic amines is 1. The molecule has 1 aliphatic carbocycles. The van der Waals surface area contributed by atoms with Gasteiger partial charge in [0, 0.05) is 11.1 Å². The fourth-order valence-electron chi connectivity index (χ4n) is 4.37. The molecule has 2 atom stereocenters. The summed E-state index contributed by atoms with van der Waals surface area (Å²) < 4.78 is 5.84. The topological polar surface area (TPSA) is 84.9 Å². The Morgan fingerprint density at radius 3 is 2.52 bits per heavy atom. The Kier molecular flexibility index (Phi) is 4.77.